The Bertz CT molecular complexity index is 1340. The maximum atomic E-state index is 10.8. The summed E-state index contributed by atoms with van der Waals surface area (Å²) in [6.07, 6.45) is 2.04. The van der Waals surface area contributed by atoms with Crippen LogP contribution >= 0.6 is 0 Å². The highest BCUT2D eigenvalue weighted by Crippen LogP contribution is 2.22. The Hall–Kier alpha value is -3.10. The lowest BCUT2D eigenvalue weighted by Crippen LogP contribution is -2.48. The van der Waals surface area contributed by atoms with Crippen LogP contribution in [0, 0.1) is 27.7 Å². The van der Waals surface area contributed by atoms with E-state index in [9.17, 15) is 13.0 Å². The fourth-order valence-electron chi connectivity index (χ4n) is 3.78. The molecule has 4 rings (SSSR count). The molecule has 8 heteroatoms. The Labute approximate surface area is 176 Å². The Morgan fingerprint density at radius 2 is 1.63 bits per heavy atom. The predicted octanol–water partition coefficient (Wildman–Crippen LogP) is 2.93. The number of methoxy groups -OCH3 is 1. The summed E-state index contributed by atoms with van der Waals surface area (Å²) in [6, 6.07) is 13.4. The molecule has 0 aliphatic carbocycles. The van der Waals surface area contributed by atoms with Gasteiger partial charge in [-0.25, -0.2) is 14.3 Å². The second-order valence-corrected chi connectivity index (χ2v) is 8.57. The standard InChI is InChI=1S/C13H14N3O.C9H12O3S/c1-9-11-4-3-7-15(11)12-6-5-10(17-2)8-13(12)16(9)14;1-6-4-7(2)9(8(3)5-6)13(10,11)12/h3-8H,14H2,1-2H3;4-5H,1-3H3,(H,10,11,12)/q+1;/p-1. The van der Waals surface area contributed by atoms with E-state index in [0.717, 1.165) is 33.6 Å². The number of hydrogen-bond donors (Lipinski definition) is 1. The van der Waals surface area contributed by atoms with Gasteiger partial charge in [-0.2, -0.15) is 0 Å². The minimum Gasteiger partial charge on any atom is -0.744 e. The summed E-state index contributed by atoms with van der Waals surface area (Å²) in [6.45, 7) is 7.13. The Kier molecular flexibility index (Phi) is 5.74. The summed E-state index contributed by atoms with van der Waals surface area (Å²) in [5.74, 6) is 6.92. The second-order valence-electron chi connectivity index (χ2n) is 7.26. The van der Waals surface area contributed by atoms with E-state index in [1.165, 1.54) is 0 Å². The largest absolute Gasteiger partial charge is 0.744 e. The van der Waals surface area contributed by atoms with Crippen molar-refractivity contribution in [2.24, 2.45) is 0 Å². The predicted molar refractivity (Wildman–Crippen MR) is 115 cm³/mol. The molecule has 2 heterocycles. The molecule has 4 aromatic rings. The van der Waals surface area contributed by atoms with Crippen LogP contribution in [0.2, 0.25) is 0 Å². The first-order valence-electron chi connectivity index (χ1n) is 9.33. The van der Waals surface area contributed by atoms with Crippen molar-refractivity contribution in [2.45, 2.75) is 32.6 Å². The van der Waals surface area contributed by atoms with Gasteiger partial charge in [0, 0.05) is 13.1 Å². The molecule has 0 aliphatic rings. The summed E-state index contributed by atoms with van der Waals surface area (Å²) in [4.78, 5) is -0.0851. The third-order valence-corrected chi connectivity index (χ3v) is 6.18. The van der Waals surface area contributed by atoms with Crippen molar-refractivity contribution in [3.63, 3.8) is 0 Å². The molecule has 2 N–H and O–H groups in total. The smallest absolute Gasteiger partial charge is 0.262 e. The second kappa shape index (κ2) is 7.97. The summed E-state index contributed by atoms with van der Waals surface area (Å²) in [5, 5.41) is 0. The number of aryl methyl sites for hydroxylation is 4. The van der Waals surface area contributed by atoms with Crippen LogP contribution in [0.1, 0.15) is 22.4 Å². The molecule has 0 fully saturated rings. The Balaban J connectivity index is 0.000000178. The van der Waals surface area contributed by atoms with E-state index in [1.807, 2.05) is 44.3 Å². The monoisotopic (exact) mass is 427 g/mol. The van der Waals surface area contributed by atoms with Crippen molar-refractivity contribution in [3.05, 3.63) is 71.0 Å². The number of nitrogens with zero attached hydrogens (tertiary/aromatic N) is 2. The van der Waals surface area contributed by atoms with Gasteiger partial charge in [0.05, 0.1) is 18.1 Å². The van der Waals surface area contributed by atoms with Crippen molar-refractivity contribution >= 4 is 26.7 Å². The van der Waals surface area contributed by atoms with Crippen molar-refractivity contribution in [2.75, 3.05) is 13.0 Å². The number of benzene rings is 2. The highest BCUT2D eigenvalue weighted by Gasteiger charge is 2.17. The van der Waals surface area contributed by atoms with Crippen LogP contribution in [0.4, 0.5) is 0 Å². The molecule has 2 aromatic heterocycles. The number of rotatable bonds is 2. The van der Waals surface area contributed by atoms with E-state index in [2.05, 4.69) is 10.5 Å². The summed E-state index contributed by atoms with van der Waals surface area (Å²) >= 11 is 0. The van der Waals surface area contributed by atoms with Crippen molar-refractivity contribution < 1.29 is 22.4 Å². The Morgan fingerprint density at radius 1 is 1.00 bits per heavy atom. The normalized spacial score (nSPS) is 11.4. The highest BCUT2D eigenvalue weighted by molar-refractivity contribution is 7.85. The molecule has 0 radical (unpaired) electrons. The lowest BCUT2D eigenvalue weighted by atomic mass is 10.1. The molecule has 0 spiro atoms. The van der Waals surface area contributed by atoms with Crippen molar-refractivity contribution in [1.82, 2.24) is 4.40 Å². The Morgan fingerprint density at radius 3 is 2.20 bits per heavy atom. The summed E-state index contributed by atoms with van der Waals surface area (Å²) < 4.78 is 41.6. The molecule has 0 unspecified atom stereocenters. The van der Waals surface area contributed by atoms with Crippen molar-refractivity contribution in [3.8, 4) is 5.75 Å². The van der Waals surface area contributed by atoms with E-state index in [-0.39, 0.29) is 4.90 Å². The van der Waals surface area contributed by atoms with Crippen LogP contribution in [0.25, 0.3) is 16.6 Å². The first-order valence-corrected chi connectivity index (χ1v) is 10.7. The van der Waals surface area contributed by atoms with Gasteiger partial charge in [-0.05, 0) is 56.2 Å². The number of aromatic nitrogens is 2. The van der Waals surface area contributed by atoms with Gasteiger partial charge in [0.1, 0.15) is 26.9 Å². The maximum Gasteiger partial charge on any atom is 0.262 e. The van der Waals surface area contributed by atoms with Gasteiger partial charge < -0.3 is 13.7 Å². The summed E-state index contributed by atoms with van der Waals surface area (Å²) in [5.41, 5.74) is 6.16. The molecule has 158 valence electrons. The minimum atomic E-state index is -4.33. The van der Waals surface area contributed by atoms with E-state index >= 15 is 0 Å². The minimum absolute atomic E-state index is 0.0851. The molecule has 7 nitrogen and oxygen atoms in total. The molecule has 0 saturated carbocycles. The van der Waals surface area contributed by atoms with Crippen LogP contribution in [-0.2, 0) is 10.1 Å². The number of hydrogen-bond acceptors (Lipinski definition) is 5. The first-order chi connectivity index (χ1) is 14.0. The maximum absolute atomic E-state index is 10.8. The lowest BCUT2D eigenvalue weighted by molar-refractivity contribution is -0.617. The van der Waals surface area contributed by atoms with Crippen LogP contribution in [0.5, 0.6) is 5.75 Å². The van der Waals surface area contributed by atoms with E-state index < -0.39 is 10.1 Å². The van der Waals surface area contributed by atoms with Crippen LogP contribution in [0.15, 0.2) is 53.6 Å². The first kappa shape index (κ1) is 21.6. The van der Waals surface area contributed by atoms with Gasteiger partial charge >= 0.3 is 0 Å². The third kappa shape index (κ3) is 3.96. The van der Waals surface area contributed by atoms with Gasteiger partial charge in [-0.1, -0.05) is 22.4 Å². The average Bonchev–Trinajstić information content (AvgIpc) is 3.14. The van der Waals surface area contributed by atoms with Crippen molar-refractivity contribution in [1.29, 1.82) is 0 Å². The van der Waals surface area contributed by atoms with Gasteiger partial charge in [0.15, 0.2) is 0 Å². The fraction of sp³-hybridized carbons (Fsp3) is 0.227. The average molecular weight is 428 g/mol. The zero-order chi connectivity index (χ0) is 22.2. The molecular formula is C22H25N3O4S. The SMILES string of the molecule is COc1ccc2c(c1)[n+](N)c(C)c1cccn12.Cc1cc(C)c(S(=O)(=O)[O-])c(C)c1. The number of fused-ring (bicyclic) bond motifs is 3. The molecule has 2 aromatic carbocycles. The van der Waals surface area contributed by atoms with Crippen LogP contribution < -0.4 is 15.3 Å². The highest BCUT2D eigenvalue weighted by atomic mass is 32.2. The molecule has 0 bridgehead atoms. The molecule has 0 saturated heterocycles. The van der Waals surface area contributed by atoms with Crippen LogP contribution in [-0.4, -0.2) is 24.5 Å². The van der Waals surface area contributed by atoms with E-state index in [1.54, 1.807) is 37.8 Å². The fourth-order valence-corrected chi connectivity index (χ4v) is 4.68. The topological polar surface area (TPSA) is 101 Å². The molecule has 0 aliphatic heterocycles. The number of ether oxygens (including phenoxy) is 1. The third-order valence-electron chi connectivity index (χ3n) is 5.04. The molecule has 0 atom stereocenters. The van der Waals surface area contributed by atoms with Crippen LogP contribution in [0.3, 0.4) is 0 Å². The number of nitrogen functional groups attached to an aromatic ring is 1. The van der Waals surface area contributed by atoms with Gasteiger partial charge in [-0.15, -0.1) is 0 Å². The van der Waals surface area contributed by atoms with E-state index in [4.69, 9.17) is 10.6 Å². The summed E-state index contributed by atoms with van der Waals surface area (Å²) in [7, 11) is -2.68. The molecular weight excluding hydrogens is 402 g/mol. The van der Waals surface area contributed by atoms with Gasteiger partial charge in [0.2, 0.25) is 5.69 Å². The zero-order valence-electron chi connectivity index (χ0n) is 17.6. The zero-order valence-corrected chi connectivity index (χ0v) is 18.4. The van der Waals surface area contributed by atoms with Gasteiger partial charge in [0.25, 0.3) is 5.52 Å². The van der Waals surface area contributed by atoms with E-state index in [0.29, 0.717) is 11.1 Å². The van der Waals surface area contributed by atoms with Gasteiger partial charge in [-0.3, -0.25) is 0 Å². The molecule has 0 amide bonds. The lowest BCUT2D eigenvalue weighted by Gasteiger charge is -2.14. The quantitative estimate of drug-likeness (QED) is 0.301. The molecule has 30 heavy (non-hydrogen) atoms. The number of nitrogens with two attached hydrogens (primary N) is 1.